The molecule has 2 aromatic rings. The summed E-state index contributed by atoms with van der Waals surface area (Å²) >= 11 is 6.20. The predicted octanol–water partition coefficient (Wildman–Crippen LogP) is 3.97. The molecule has 2 saturated heterocycles. The van der Waals surface area contributed by atoms with Gasteiger partial charge in [-0.2, -0.15) is 13.2 Å². The lowest BCUT2D eigenvalue weighted by Crippen LogP contribution is -2.38. The van der Waals surface area contributed by atoms with Crippen molar-refractivity contribution < 1.29 is 26.4 Å². The normalized spacial score (nSPS) is 23.9. The first-order valence-corrected chi connectivity index (χ1v) is 10.5. The van der Waals surface area contributed by atoms with Crippen LogP contribution in [0, 0.1) is 0 Å². The number of para-hydroxylation sites is 1. The van der Waals surface area contributed by atoms with Gasteiger partial charge < -0.3 is 0 Å². The lowest BCUT2D eigenvalue weighted by atomic mass is 10.1. The first-order valence-electron chi connectivity index (χ1n) is 8.33. The summed E-state index contributed by atoms with van der Waals surface area (Å²) in [5, 5.41) is 0.254. The van der Waals surface area contributed by atoms with Crippen LogP contribution < -0.4 is 9.80 Å². The molecule has 0 radical (unpaired) electrons. The summed E-state index contributed by atoms with van der Waals surface area (Å²) < 4.78 is 63.8. The molecule has 10 heteroatoms. The number of rotatable bonds is 2. The SMILES string of the molecule is O=C1N(c2cccc(C(F)(F)F)c2)[C@@H]2CS(=O)(=O)C[C@@H]2N1c1ccccc1Cl. The van der Waals surface area contributed by atoms with Crippen LogP contribution in [0.3, 0.4) is 0 Å². The monoisotopic (exact) mass is 430 g/mol. The Hall–Kier alpha value is -2.26. The highest BCUT2D eigenvalue weighted by atomic mass is 35.5. The number of benzene rings is 2. The van der Waals surface area contributed by atoms with E-state index in [9.17, 15) is 26.4 Å². The number of amides is 2. The van der Waals surface area contributed by atoms with E-state index in [1.165, 1.54) is 17.0 Å². The summed E-state index contributed by atoms with van der Waals surface area (Å²) in [5.41, 5.74) is -0.580. The first-order chi connectivity index (χ1) is 13.1. The van der Waals surface area contributed by atoms with Crippen LogP contribution in [0.15, 0.2) is 48.5 Å². The zero-order valence-electron chi connectivity index (χ0n) is 14.2. The molecule has 5 nitrogen and oxygen atoms in total. The number of hydrogen-bond donors (Lipinski definition) is 0. The van der Waals surface area contributed by atoms with Gasteiger partial charge in [-0.05, 0) is 30.3 Å². The molecule has 2 heterocycles. The number of anilines is 2. The Balaban J connectivity index is 1.83. The molecular weight excluding hydrogens is 417 g/mol. The number of alkyl halides is 3. The molecule has 0 unspecified atom stereocenters. The topological polar surface area (TPSA) is 57.7 Å². The van der Waals surface area contributed by atoms with Crippen LogP contribution in [-0.2, 0) is 16.0 Å². The quantitative estimate of drug-likeness (QED) is 0.677. The second kappa shape index (κ2) is 6.38. The van der Waals surface area contributed by atoms with E-state index >= 15 is 0 Å². The Labute approximate surface area is 164 Å². The number of sulfone groups is 1. The van der Waals surface area contributed by atoms with E-state index in [2.05, 4.69) is 0 Å². The van der Waals surface area contributed by atoms with Crippen molar-refractivity contribution in [2.75, 3.05) is 21.3 Å². The number of hydrogen-bond acceptors (Lipinski definition) is 3. The van der Waals surface area contributed by atoms with Gasteiger partial charge in [0.2, 0.25) is 0 Å². The summed E-state index contributed by atoms with van der Waals surface area (Å²) in [6.45, 7) is 0. The average Bonchev–Trinajstić information content (AvgIpc) is 3.04. The zero-order valence-corrected chi connectivity index (χ0v) is 15.8. The van der Waals surface area contributed by atoms with Crippen LogP contribution in [0.25, 0.3) is 0 Å². The van der Waals surface area contributed by atoms with E-state index in [-0.39, 0.29) is 22.2 Å². The molecule has 0 aliphatic carbocycles. The Morgan fingerprint density at radius 3 is 2.25 bits per heavy atom. The zero-order chi connectivity index (χ0) is 20.3. The molecule has 4 rings (SSSR count). The van der Waals surface area contributed by atoms with Crippen LogP contribution in [0.4, 0.5) is 29.3 Å². The molecule has 0 spiro atoms. The number of nitrogens with zero attached hydrogens (tertiary/aromatic N) is 2. The van der Waals surface area contributed by atoms with E-state index in [4.69, 9.17) is 11.6 Å². The third kappa shape index (κ3) is 3.12. The smallest absolute Gasteiger partial charge is 0.288 e. The maximum atomic E-state index is 13.2. The molecule has 0 saturated carbocycles. The second-order valence-electron chi connectivity index (χ2n) is 6.73. The summed E-state index contributed by atoms with van der Waals surface area (Å²) in [6.07, 6.45) is -4.58. The van der Waals surface area contributed by atoms with Crippen LogP contribution in [0.1, 0.15) is 5.56 Å². The largest absolute Gasteiger partial charge is 0.416 e. The molecule has 2 fully saturated rings. The van der Waals surface area contributed by atoms with Gasteiger partial charge in [-0.1, -0.05) is 29.8 Å². The van der Waals surface area contributed by atoms with Gasteiger partial charge in [-0.25, -0.2) is 13.2 Å². The summed E-state index contributed by atoms with van der Waals surface area (Å²) in [4.78, 5) is 15.6. The Kier molecular flexibility index (Phi) is 4.35. The van der Waals surface area contributed by atoms with Gasteiger partial charge in [0.25, 0.3) is 0 Å². The van der Waals surface area contributed by atoms with Gasteiger partial charge >= 0.3 is 12.2 Å². The van der Waals surface area contributed by atoms with E-state index in [0.29, 0.717) is 5.69 Å². The highest BCUT2D eigenvalue weighted by Crippen LogP contribution is 2.41. The number of carbonyl (C=O) groups is 1. The summed E-state index contributed by atoms with van der Waals surface area (Å²) in [6, 6.07) is 8.66. The van der Waals surface area contributed by atoms with Gasteiger partial charge in [-0.15, -0.1) is 0 Å². The lowest BCUT2D eigenvalue weighted by molar-refractivity contribution is -0.137. The summed E-state index contributed by atoms with van der Waals surface area (Å²) in [5.74, 6) is -0.593. The van der Waals surface area contributed by atoms with Crippen LogP contribution in [-0.4, -0.2) is 38.0 Å². The predicted molar refractivity (Wildman–Crippen MR) is 99.5 cm³/mol. The maximum absolute atomic E-state index is 13.2. The fourth-order valence-electron chi connectivity index (χ4n) is 3.77. The fourth-order valence-corrected chi connectivity index (χ4v) is 5.91. The first kappa shape index (κ1) is 19.1. The van der Waals surface area contributed by atoms with Crippen molar-refractivity contribution in [3.05, 3.63) is 59.1 Å². The van der Waals surface area contributed by atoms with Crippen molar-refractivity contribution in [1.29, 1.82) is 0 Å². The molecule has 2 amide bonds. The van der Waals surface area contributed by atoms with Gasteiger partial charge in [0.15, 0.2) is 9.84 Å². The molecule has 28 heavy (non-hydrogen) atoms. The number of carbonyl (C=O) groups excluding carboxylic acids is 1. The van der Waals surface area contributed by atoms with Crippen molar-refractivity contribution in [3.63, 3.8) is 0 Å². The van der Waals surface area contributed by atoms with Crippen molar-refractivity contribution in [3.8, 4) is 0 Å². The second-order valence-corrected chi connectivity index (χ2v) is 9.29. The van der Waals surface area contributed by atoms with Crippen LogP contribution in [0.2, 0.25) is 5.02 Å². The minimum Gasteiger partial charge on any atom is -0.288 e. The number of urea groups is 1. The Morgan fingerprint density at radius 1 is 0.964 bits per heavy atom. The minimum atomic E-state index is -4.58. The number of fused-ring (bicyclic) bond motifs is 1. The maximum Gasteiger partial charge on any atom is 0.416 e. The standard InChI is InChI=1S/C18H14ClF3N2O3S/c19-13-6-1-2-7-14(13)24-16-10-28(26,27)9-15(16)23(17(24)25)12-5-3-4-11(8-12)18(20,21)22/h1-8,15-16H,9-10H2/t15-,16+/m1/s1. The molecule has 2 aromatic carbocycles. The Bertz CT molecular complexity index is 1060. The third-order valence-corrected chi connectivity index (χ3v) is 6.95. The van der Waals surface area contributed by atoms with E-state index in [1.807, 2.05) is 0 Å². The molecule has 0 N–H and O–H groups in total. The minimum absolute atomic E-state index is 0.00137. The summed E-state index contributed by atoms with van der Waals surface area (Å²) in [7, 11) is -3.46. The van der Waals surface area contributed by atoms with Crippen molar-refractivity contribution >= 4 is 38.8 Å². The van der Waals surface area contributed by atoms with Gasteiger partial charge in [-0.3, -0.25) is 9.80 Å². The molecule has 2 atom stereocenters. The fraction of sp³-hybridized carbons (Fsp3) is 0.278. The lowest BCUT2D eigenvalue weighted by Gasteiger charge is -2.24. The number of halogens is 4. The van der Waals surface area contributed by atoms with E-state index in [1.54, 1.807) is 24.3 Å². The van der Waals surface area contributed by atoms with Crippen molar-refractivity contribution in [2.24, 2.45) is 0 Å². The van der Waals surface area contributed by atoms with Gasteiger partial charge in [0.05, 0.1) is 39.9 Å². The highest BCUT2D eigenvalue weighted by molar-refractivity contribution is 7.91. The van der Waals surface area contributed by atoms with Gasteiger partial charge in [0, 0.05) is 5.69 Å². The molecule has 2 aliphatic heterocycles. The molecule has 148 valence electrons. The highest BCUT2D eigenvalue weighted by Gasteiger charge is 2.55. The molecule has 0 aromatic heterocycles. The third-order valence-electron chi connectivity index (χ3n) is 4.93. The average molecular weight is 431 g/mol. The van der Waals surface area contributed by atoms with Gasteiger partial charge in [0.1, 0.15) is 0 Å². The van der Waals surface area contributed by atoms with Crippen LogP contribution in [0.5, 0.6) is 0 Å². The van der Waals surface area contributed by atoms with Crippen LogP contribution >= 0.6 is 11.6 Å². The van der Waals surface area contributed by atoms with Crippen molar-refractivity contribution in [1.82, 2.24) is 0 Å². The molecule has 0 bridgehead atoms. The Morgan fingerprint density at radius 2 is 1.61 bits per heavy atom. The van der Waals surface area contributed by atoms with E-state index < -0.39 is 39.7 Å². The van der Waals surface area contributed by atoms with Crippen molar-refractivity contribution in [2.45, 2.75) is 18.3 Å². The van der Waals surface area contributed by atoms with E-state index in [0.717, 1.165) is 17.0 Å². The molecular formula is C18H14ClF3N2O3S. The molecule has 2 aliphatic rings.